The number of hydrogen-bond acceptors (Lipinski definition) is 3. The zero-order valence-electron chi connectivity index (χ0n) is 9.45. The molecule has 0 aromatic carbocycles. The first-order chi connectivity index (χ1) is 6.01. The van der Waals surface area contributed by atoms with Crippen LogP contribution in [0.25, 0.3) is 0 Å². The Balaban J connectivity index is 0.00000169. The van der Waals surface area contributed by atoms with E-state index in [2.05, 4.69) is 37.4 Å². The molecule has 0 aliphatic carbocycles. The van der Waals surface area contributed by atoms with Crippen molar-refractivity contribution in [1.29, 1.82) is 0 Å². The minimum absolute atomic E-state index is 0. The van der Waals surface area contributed by atoms with E-state index in [4.69, 9.17) is 5.73 Å². The average Bonchev–Trinajstić information content (AvgIpc) is 2.01. The fourth-order valence-corrected chi connectivity index (χ4v) is 3.00. The topological polar surface area (TPSA) is 29.3 Å². The number of thioether (sulfide) groups is 1. The van der Waals surface area contributed by atoms with Crippen LogP contribution in [0.2, 0.25) is 0 Å². The maximum Gasteiger partial charge on any atom is 0.0226 e. The van der Waals surface area contributed by atoms with Crippen molar-refractivity contribution in [2.75, 3.05) is 25.4 Å². The van der Waals surface area contributed by atoms with Gasteiger partial charge in [-0.05, 0) is 20.3 Å². The second-order valence-electron chi connectivity index (χ2n) is 4.62. The molecule has 1 atom stereocenters. The first-order valence-corrected chi connectivity index (χ1v) is 6.19. The Kier molecular flexibility index (Phi) is 6.46. The van der Waals surface area contributed by atoms with Gasteiger partial charge in [0.2, 0.25) is 0 Å². The maximum absolute atomic E-state index is 6.00. The Hall–Kier alpha value is 0.560. The van der Waals surface area contributed by atoms with Crippen molar-refractivity contribution in [3.63, 3.8) is 0 Å². The summed E-state index contributed by atoms with van der Waals surface area (Å²) in [7, 11) is 0. The van der Waals surface area contributed by atoms with Crippen LogP contribution in [0.1, 0.15) is 27.2 Å². The molecule has 0 spiro atoms. The van der Waals surface area contributed by atoms with E-state index in [0.717, 1.165) is 11.8 Å². The van der Waals surface area contributed by atoms with E-state index in [1.807, 2.05) is 0 Å². The second-order valence-corrected chi connectivity index (χ2v) is 6.03. The maximum atomic E-state index is 6.00. The highest BCUT2D eigenvalue weighted by Gasteiger charge is 2.22. The lowest BCUT2D eigenvalue weighted by Crippen LogP contribution is -2.49. The molecule has 1 fully saturated rings. The first kappa shape index (κ1) is 14.6. The zero-order valence-corrected chi connectivity index (χ0v) is 11.1. The Bertz CT molecular complexity index is 159. The number of hydrogen-bond donors (Lipinski definition) is 1. The third kappa shape index (κ3) is 5.44. The van der Waals surface area contributed by atoms with Crippen LogP contribution >= 0.6 is 24.2 Å². The molecule has 1 unspecified atom stereocenters. The van der Waals surface area contributed by atoms with Gasteiger partial charge in [-0.1, -0.05) is 6.92 Å². The van der Waals surface area contributed by atoms with Crippen LogP contribution in [0.4, 0.5) is 0 Å². The van der Waals surface area contributed by atoms with Crippen LogP contribution < -0.4 is 5.73 Å². The SMILES string of the molecule is CCC1CN(CC(C)(C)N)CCS1.Cl. The van der Waals surface area contributed by atoms with Gasteiger partial charge in [0, 0.05) is 36.2 Å². The summed E-state index contributed by atoms with van der Waals surface area (Å²) in [4.78, 5) is 2.50. The van der Waals surface area contributed by atoms with Gasteiger partial charge in [0.1, 0.15) is 0 Å². The molecule has 1 aliphatic heterocycles. The van der Waals surface area contributed by atoms with Crippen molar-refractivity contribution in [3.05, 3.63) is 0 Å². The van der Waals surface area contributed by atoms with Gasteiger partial charge in [-0.3, -0.25) is 4.90 Å². The van der Waals surface area contributed by atoms with E-state index in [9.17, 15) is 0 Å². The molecule has 1 aliphatic rings. The highest BCUT2D eigenvalue weighted by Crippen LogP contribution is 2.21. The predicted molar refractivity (Wildman–Crippen MR) is 68.5 cm³/mol. The summed E-state index contributed by atoms with van der Waals surface area (Å²) in [5.41, 5.74) is 5.96. The van der Waals surface area contributed by atoms with Crippen molar-refractivity contribution in [1.82, 2.24) is 4.90 Å². The lowest BCUT2D eigenvalue weighted by Gasteiger charge is -2.35. The number of rotatable bonds is 3. The van der Waals surface area contributed by atoms with Crippen LogP contribution in [-0.4, -0.2) is 41.1 Å². The number of halogens is 1. The lowest BCUT2D eigenvalue weighted by molar-refractivity contribution is 0.231. The van der Waals surface area contributed by atoms with Crippen LogP contribution in [0.3, 0.4) is 0 Å². The molecular formula is C10H23ClN2S. The van der Waals surface area contributed by atoms with Gasteiger partial charge in [-0.2, -0.15) is 11.8 Å². The second kappa shape index (κ2) is 6.21. The molecule has 1 saturated heterocycles. The summed E-state index contributed by atoms with van der Waals surface area (Å²) in [6.07, 6.45) is 1.28. The van der Waals surface area contributed by atoms with Crippen LogP contribution in [0, 0.1) is 0 Å². The minimum atomic E-state index is -0.0414. The molecule has 2 nitrogen and oxygen atoms in total. The summed E-state index contributed by atoms with van der Waals surface area (Å²) >= 11 is 2.11. The number of nitrogens with two attached hydrogens (primary N) is 1. The van der Waals surface area contributed by atoms with E-state index in [0.29, 0.717) is 0 Å². The fraction of sp³-hybridized carbons (Fsp3) is 1.00. The van der Waals surface area contributed by atoms with Crippen LogP contribution in [-0.2, 0) is 0 Å². The monoisotopic (exact) mass is 238 g/mol. The fourth-order valence-electron chi connectivity index (χ4n) is 1.75. The van der Waals surface area contributed by atoms with E-state index in [1.165, 1.54) is 25.3 Å². The average molecular weight is 239 g/mol. The predicted octanol–water partition coefficient (Wildman–Crippen LogP) is 1.97. The Morgan fingerprint density at radius 2 is 2.14 bits per heavy atom. The molecule has 0 saturated carbocycles. The van der Waals surface area contributed by atoms with E-state index in [-0.39, 0.29) is 17.9 Å². The van der Waals surface area contributed by atoms with Crippen LogP contribution in [0.5, 0.6) is 0 Å². The molecule has 14 heavy (non-hydrogen) atoms. The first-order valence-electron chi connectivity index (χ1n) is 5.14. The molecular weight excluding hydrogens is 216 g/mol. The standard InChI is InChI=1S/C10H22N2S.ClH/c1-4-9-7-12(5-6-13-9)8-10(2,3)11;/h9H,4-8,11H2,1-3H3;1H. The van der Waals surface area contributed by atoms with E-state index in [1.54, 1.807) is 0 Å². The Morgan fingerprint density at radius 3 is 2.64 bits per heavy atom. The lowest BCUT2D eigenvalue weighted by atomic mass is 10.1. The van der Waals surface area contributed by atoms with Gasteiger partial charge < -0.3 is 5.73 Å². The number of nitrogens with zero attached hydrogens (tertiary/aromatic N) is 1. The molecule has 0 aromatic rings. The summed E-state index contributed by atoms with van der Waals surface area (Å²) in [5.74, 6) is 1.27. The van der Waals surface area contributed by atoms with Gasteiger partial charge in [0.25, 0.3) is 0 Å². The quantitative estimate of drug-likeness (QED) is 0.816. The molecule has 86 valence electrons. The third-order valence-electron chi connectivity index (χ3n) is 2.31. The molecule has 0 bridgehead atoms. The van der Waals surface area contributed by atoms with Crippen molar-refractivity contribution < 1.29 is 0 Å². The molecule has 0 amide bonds. The highest BCUT2D eigenvalue weighted by molar-refractivity contribution is 8.00. The zero-order chi connectivity index (χ0) is 9.90. The highest BCUT2D eigenvalue weighted by atomic mass is 35.5. The summed E-state index contributed by atoms with van der Waals surface area (Å²) in [6, 6.07) is 0. The van der Waals surface area contributed by atoms with Crippen molar-refractivity contribution in [3.8, 4) is 0 Å². The van der Waals surface area contributed by atoms with Crippen LogP contribution in [0.15, 0.2) is 0 Å². The van der Waals surface area contributed by atoms with Crippen molar-refractivity contribution in [2.24, 2.45) is 5.73 Å². The van der Waals surface area contributed by atoms with Crippen molar-refractivity contribution >= 4 is 24.2 Å². The third-order valence-corrected chi connectivity index (χ3v) is 3.68. The van der Waals surface area contributed by atoms with Gasteiger partial charge in [-0.25, -0.2) is 0 Å². The molecule has 2 N–H and O–H groups in total. The minimum Gasteiger partial charge on any atom is -0.324 e. The van der Waals surface area contributed by atoms with Gasteiger partial charge >= 0.3 is 0 Å². The van der Waals surface area contributed by atoms with Crippen molar-refractivity contribution in [2.45, 2.75) is 38.0 Å². The molecule has 0 aromatic heterocycles. The smallest absolute Gasteiger partial charge is 0.0226 e. The molecule has 1 heterocycles. The summed E-state index contributed by atoms with van der Waals surface area (Å²) in [5, 5.41) is 0.830. The van der Waals surface area contributed by atoms with Gasteiger partial charge in [0.15, 0.2) is 0 Å². The summed E-state index contributed by atoms with van der Waals surface area (Å²) < 4.78 is 0. The molecule has 4 heteroatoms. The van der Waals surface area contributed by atoms with Gasteiger partial charge in [0.05, 0.1) is 0 Å². The van der Waals surface area contributed by atoms with Gasteiger partial charge in [-0.15, -0.1) is 12.4 Å². The Morgan fingerprint density at radius 1 is 1.50 bits per heavy atom. The summed E-state index contributed by atoms with van der Waals surface area (Å²) in [6.45, 7) is 9.95. The molecule has 1 rings (SSSR count). The van der Waals surface area contributed by atoms with E-state index >= 15 is 0 Å². The van der Waals surface area contributed by atoms with E-state index < -0.39 is 0 Å². The Labute approximate surface area is 98.4 Å². The normalized spacial score (nSPS) is 24.4. The largest absolute Gasteiger partial charge is 0.324 e. The molecule has 0 radical (unpaired) electrons.